The SMILES string of the molecule is O=C(C1CCCC1)N1CCN(CCBr)CC1. The third-order valence-corrected chi connectivity index (χ3v) is 4.14. The lowest BCUT2D eigenvalue weighted by Crippen LogP contribution is -2.50. The van der Waals surface area contributed by atoms with Crippen molar-refractivity contribution in [3.8, 4) is 0 Å². The van der Waals surface area contributed by atoms with E-state index in [1.54, 1.807) is 0 Å². The fourth-order valence-electron chi connectivity index (χ4n) is 2.74. The first-order valence-corrected chi connectivity index (χ1v) is 7.50. The second kappa shape index (κ2) is 6.01. The highest BCUT2D eigenvalue weighted by Gasteiger charge is 2.29. The standard InChI is InChI=1S/C12H21BrN2O/c13-5-6-14-7-9-15(10-8-14)12(16)11-3-1-2-4-11/h11H,1-10H2. The minimum Gasteiger partial charge on any atom is -0.340 e. The van der Waals surface area contributed by atoms with E-state index in [1.165, 1.54) is 12.8 Å². The Bertz CT molecular complexity index is 233. The summed E-state index contributed by atoms with van der Waals surface area (Å²) in [6.07, 6.45) is 4.75. The van der Waals surface area contributed by atoms with Crippen LogP contribution in [0.1, 0.15) is 25.7 Å². The van der Waals surface area contributed by atoms with Crippen molar-refractivity contribution in [2.45, 2.75) is 25.7 Å². The number of alkyl halides is 1. The number of halogens is 1. The summed E-state index contributed by atoms with van der Waals surface area (Å²) in [5, 5.41) is 1.03. The van der Waals surface area contributed by atoms with Gasteiger partial charge in [-0.05, 0) is 12.8 Å². The van der Waals surface area contributed by atoms with Crippen molar-refractivity contribution < 1.29 is 4.79 Å². The largest absolute Gasteiger partial charge is 0.340 e. The predicted molar refractivity (Wildman–Crippen MR) is 68.8 cm³/mol. The predicted octanol–water partition coefficient (Wildman–Crippen LogP) is 1.72. The summed E-state index contributed by atoms with van der Waals surface area (Å²) in [6.45, 7) is 5.06. The summed E-state index contributed by atoms with van der Waals surface area (Å²) >= 11 is 3.46. The van der Waals surface area contributed by atoms with E-state index in [9.17, 15) is 4.79 Å². The van der Waals surface area contributed by atoms with Crippen LogP contribution < -0.4 is 0 Å². The molecule has 1 amide bonds. The van der Waals surface area contributed by atoms with Crippen LogP contribution in [0.2, 0.25) is 0 Å². The van der Waals surface area contributed by atoms with Gasteiger partial charge in [-0.1, -0.05) is 28.8 Å². The highest BCUT2D eigenvalue weighted by atomic mass is 79.9. The molecule has 0 N–H and O–H groups in total. The zero-order chi connectivity index (χ0) is 11.4. The second-order valence-electron chi connectivity index (χ2n) is 4.84. The quantitative estimate of drug-likeness (QED) is 0.739. The van der Waals surface area contributed by atoms with Gasteiger partial charge in [0.25, 0.3) is 0 Å². The zero-order valence-electron chi connectivity index (χ0n) is 9.83. The summed E-state index contributed by atoms with van der Waals surface area (Å²) in [5.41, 5.74) is 0. The van der Waals surface area contributed by atoms with Crippen molar-refractivity contribution in [3.05, 3.63) is 0 Å². The molecule has 1 saturated carbocycles. The highest BCUT2D eigenvalue weighted by molar-refractivity contribution is 9.09. The van der Waals surface area contributed by atoms with Gasteiger partial charge in [-0.15, -0.1) is 0 Å². The third kappa shape index (κ3) is 2.98. The Kier molecular flexibility index (Phi) is 4.65. The summed E-state index contributed by atoms with van der Waals surface area (Å²) in [7, 11) is 0. The molecule has 0 aromatic carbocycles. The smallest absolute Gasteiger partial charge is 0.225 e. The average molecular weight is 289 g/mol. The first-order chi connectivity index (χ1) is 7.81. The van der Waals surface area contributed by atoms with Gasteiger partial charge < -0.3 is 4.90 Å². The van der Waals surface area contributed by atoms with Crippen LogP contribution in [0.5, 0.6) is 0 Å². The topological polar surface area (TPSA) is 23.6 Å². The van der Waals surface area contributed by atoms with Gasteiger partial charge in [-0.25, -0.2) is 0 Å². The normalized spacial score (nSPS) is 23.9. The van der Waals surface area contributed by atoms with Crippen LogP contribution in [-0.4, -0.2) is 53.8 Å². The van der Waals surface area contributed by atoms with Crippen LogP contribution in [-0.2, 0) is 4.79 Å². The Labute approximate surface area is 106 Å². The number of nitrogens with zero attached hydrogens (tertiary/aromatic N) is 2. The van der Waals surface area contributed by atoms with Gasteiger partial charge in [-0.2, -0.15) is 0 Å². The van der Waals surface area contributed by atoms with Gasteiger partial charge in [0, 0.05) is 44.0 Å². The van der Waals surface area contributed by atoms with E-state index in [4.69, 9.17) is 0 Å². The molecule has 1 aliphatic carbocycles. The maximum absolute atomic E-state index is 12.2. The minimum atomic E-state index is 0.350. The van der Waals surface area contributed by atoms with Crippen molar-refractivity contribution in [2.75, 3.05) is 38.1 Å². The van der Waals surface area contributed by atoms with Gasteiger partial charge in [0.1, 0.15) is 0 Å². The second-order valence-corrected chi connectivity index (χ2v) is 5.63. The van der Waals surface area contributed by atoms with Crippen LogP contribution in [0, 0.1) is 5.92 Å². The van der Waals surface area contributed by atoms with Crippen molar-refractivity contribution in [1.82, 2.24) is 9.80 Å². The number of piperazine rings is 1. The van der Waals surface area contributed by atoms with E-state index in [0.717, 1.165) is 50.9 Å². The molecule has 2 fully saturated rings. The van der Waals surface area contributed by atoms with Crippen molar-refractivity contribution >= 4 is 21.8 Å². The number of carbonyl (C=O) groups excluding carboxylic acids is 1. The fourth-order valence-corrected chi connectivity index (χ4v) is 3.24. The molecule has 1 aliphatic heterocycles. The lowest BCUT2D eigenvalue weighted by Gasteiger charge is -2.35. The highest BCUT2D eigenvalue weighted by Crippen LogP contribution is 2.26. The van der Waals surface area contributed by atoms with E-state index in [-0.39, 0.29) is 0 Å². The van der Waals surface area contributed by atoms with Crippen molar-refractivity contribution in [2.24, 2.45) is 5.92 Å². The minimum absolute atomic E-state index is 0.350. The summed E-state index contributed by atoms with van der Waals surface area (Å²) in [6, 6.07) is 0. The molecule has 0 aromatic heterocycles. The zero-order valence-corrected chi connectivity index (χ0v) is 11.4. The number of hydrogen-bond acceptors (Lipinski definition) is 2. The Morgan fingerprint density at radius 1 is 1.12 bits per heavy atom. The average Bonchev–Trinajstić information content (AvgIpc) is 2.83. The number of amides is 1. The number of carbonyl (C=O) groups is 1. The molecular formula is C12H21BrN2O. The summed E-state index contributed by atoms with van der Waals surface area (Å²) < 4.78 is 0. The molecular weight excluding hydrogens is 268 g/mol. The van der Waals surface area contributed by atoms with E-state index in [2.05, 4.69) is 25.7 Å². The molecule has 4 heteroatoms. The van der Waals surface area contributed by atoms with Crippen LogP contribution in [0.3, 0.4) is 0 Å². The molecule has 16 heavy (non-hydrogen) atoms. The summed E-state index contributed by atoms with van der Waals surface area (Å²) in [5.74, 6) is 0.777. The molecule has 0 unspecified atom stereocenters. The van der Waals surface area contributed by atoms with Gasteiger partial charge in [0.05, 0.1) is 0 Å². The van der Waals surface area contributed by atoms with E-state index in [1.807, 2.05) is 0 Å². The molecule has 92 valence electrons. The van der Waals surface area contributed by atoms with Gasteiger partial charge in [0.2, 0.25) is 5.91 Å². The van der Waals surface area contributed by atoms with Crippen molar-refractivity contribution in [3.63, 3.8) is 0 Å². The van der Waals surface area contributed by atoms with Crippen LogP contribution in [0.25, 0.3) is 0 Å². The lowest BCUT2D eigenvalue weighted by atomic mass is 10.1. The fraction of sp³-hybridized carbons (Fsp3) is 0.917. The Balaban J connectivity index is 1.77. The lowest BCUT2D eigenvalue weighted by molar-refractivity contribution is -0.137. The van der Waals surface area contributed by atoms with Gasteiger partial charge >= 0.3 is 0 Å². The van der Waals surface area contributed by atoms with Gasteiger partial charge in [0.15, 0.2) is 0 Å². The van der Waals surface area contributed by atoms with E-state index < -0.39 is 0 Å². The molecule has 0 radical (unpaired) electrons. The van der Waals surface area contributed by atoms with Crippen LogP contribution in [0.15, 0.2) is 0 Å². The van der Waals surface area contributed by atoms with Crippen molar-refractivity contribution in [1.29, 1.82) is 0 Å². The molecule has 0 bridgehead atoms. The Morgan fingerprint density at radius 3 is 2.31 bits per heavy atom. The molecule has 2 aliphatic rings. The van der Waals surface area contributed by atoms with Crippen LogP contribution in [0.4, 0.5) is 0 Å². The molecule has 0 aromatic rings. The number of rotatable bonds is 3. The Morgan fingerprint density at radius 2 is 1.75 bits per heavy atom. The first kappa shape index (κ1) is 12.4. The maximum Gasteiger partial charge on any atom is 0.225 e. The van der Waals surface area contributed by atoms with Crippen LogP contribution >= 0.6 is 15.9 Å². The molecule has 1 saturated heterocycles. The maximum atomic E-state index is 12.2. The van der Waals surface area contributed by atoms with Gasteiger partial charge in [-0.3, -0.25) is 9.69 Å². The van der Waals surface area contributed by atoms with E-state index >= 15 is 0 Å². The summed E-state index contributed by atoms with van der Waals surface area (Å²) in [4.78, 5) is 16.7. The number of hydrogen-bond donors (Lipinski definition) is 0. The molecule has 0 atom stereocenters. The molecule has 3 nitrogen and oxygen atoms in total. The third-order valence-electron chi connectivity index (χ3n) is 3.79. The Hall–Kier alpha value is -0.0900. The molecule has 2 rings (SSSR count). The molecule has 0 spiro atoms. The van der Waals surface area contributed by atoms with E-state index in [0.29, 0.717) is 11.8 Å². The molecule has 1 heterocycles. The first-order valence-electron chi connectivity index (χ1n) is 6.38. The monoisotopic (exact) mass is 288 g/mol.